The number of sulfonamides is 2. The molecule has 11 heteroatoms. The third kappa shape index (κ3) is 5.01. The molecule has 2 aromatic carbocycles. The predicted molar refractivity (Wildman–Crippen MR) is 96.9 cm³/mol. The molecule has 6 nitrogen and oxygen atoms in total. The number of rotatable bonds is 5. The molecule has 130 valence electrons. The fourth-order valence-electron chi connectivity index (χ4n) is 1.73. The van der Waals surface area contributed by atoms with Gasteiger partial charge in [0.15, 0.2) is 0 Å². The van der Waals surface area contributed by atoms with Crippen molar-refractivity contribution >= 4 is 60.7 Å². The molecular formula is C13H12Cl2N2O4S3. The van der Waals surface area contributed by atoms with Crippen LogP contribution < -0.4 is 9.86 Å². The van der Waals surface area contributed by atoms with Crippen LogP contribution in [0.5, 0.6) is 0 Å². The zero-order valence-corrected chi connectivity index (χ0v) is 16.1. The van der Waals surface area contributed by atoms with Crippen LogP contribution in [-0.4, -0.2) is 23.1 Å². The van der Waals surface area contributed by atoms with E-state index in [0.29, 0.717) is 14.8 Å². The van der Waals surface area contributed by atoms with E-state index >= 15 is 0 Å². The SMILES string of the molecule is CS(=O)(=O)Nc1ccc(S(N)(=O)=O)cc1Sc1cccc(Cl)c1Cl. The zero-order chi connectivity index (χ0) is 18.1. The Morgan fingerprint density at radius 3 is 2.29 bits per heavy atom. The summed E-state index contributed by atoms with van der Waals surface area (Å²) in [5, 5.41) is 5.72. The van der Waals surface area contributed by atoms with Crippen molar-refractivity contribution in [1.29, 1.82) is 0 Å². The van der Waals surface area contributed by atoms with Gasteiger partial charge in [0, 0.05) is 9.79 Å². The summed E-state index contributed by atoms with van der Waals surface area (Å²) in [7, 11) is -7.51. The summed E-state index contributed by atoms with van der Waals surface area (Å²) in [6, 6.07) is 8.75. The van der Waals surface area contributed by atoms with E-state index in [2.05, 4.69) is 4.72 Å². The molecule has 0 radical (unpaired) electrons. The van der Waals surface area contributed by atoms with Crippen molar-refractivity contribution in [2.75, 3.05) is 11.0 Å². The summed E-state index contributed by atoms with van der Waals surface area (Å²) in [6.45, 7) is 0. The number of anilines is 1. The van der Waals surface area contributed by atoms with Gasteiger partial charge in [-0.25, -0.2) is 22.0 Å². The fraction of sp³-hybridized carbons (Fsp3) is 0.0769. The van der Waals surface area contributed by atoms with Crippen LogP contribution in [0.15, 0.2) is 51.1 Å². The van der Waals surface area contributed by atoms with Gasteiger partial charge in [-0.1, -0.05) is 41.0 Å². The van der Waals surface area contributed by atoms with Crippen molar-refractivity contribution in [2.24, 2.45) is 5.14 Å². The van der Waals surface area contributed by atoms with Crippen LogP contribution >= 0.6 is 35.0 Å². The minimum absolute atomic E-state index is 0.151. The van der Waals surface area contributed by atoms with Gasteiger partial charge >= 0.3 is 0 Å². The summed E-state index contributed by atoms with van der Waals surface area (Å²) >= 11 is 13.1. The lowest BCUT2D eigenvalue weighted by Crippen LogP contribution is -2.14. The van der Waals surface area contributed by atoms with Gasteiger partial charge in [-0.3, -0.25) is 4.72 Å². The molecule has 0 saturated heterocycles. The first-order valence-electron chi connectivity index (χ1n) is 6.24. The molecule has 0 heterocycles. The first kappa shape index (κ1) is 19.4. The summed E-state index contributed by atoms with van der Waals surface area (Å²) in [5.74, 6) is 0. The average molecular weight is 427 g/mol. The Kier molecular flexibility index (Phi) is 5.73. The predicted octanol–water partition coefficient (Wildman–Crippen LogP) is 3.16. The standard InChI is InChI=1S/C13H12Cl2N2O4S3/c1-23(18,19)17-10-6-5-8(24(16,20)21)7-12(10)22-11-4-2-3-9(14)13(11)15/h2-7,17H,1H3,(H2,16,20,21). The second kappa shape index (κ2) is 7.11. The Morgan fingerprint density at radius 2 is 1.71 bits per heavy atom. The van der Waals surface area contributed by atoms with Gasteiger partial charge in [0.25, 0.3) is 0 Å². The van der Waals surface area contributed by atoms with E-state index in [9.17, 15) is 16.8 Å². The second-order valence-corrected chi connectivity index (χ2v) is 9.91. The van der Waals surface area contributed by atoms with Crippen molar-refractivity contribution < 1.29 is 16.8 Å². The summed E-state index contributed by atoms with van der Waals surface area (Å²) < 4.78 is 48.4. The van der Waals surface area contributed by atoms with Crippen molar-refractivity contribution in [3.05, 3.63) is 46.4 Å². The number of nitrogens with two attached hydrogens (primary N) is 1. The van der Waals surface area contributed by atoms with Crippen LogP contribution in [0.3, 0.4) is 0 Å². The first-order chi connectivity index (χ1) is 11.0. The van der Waals surface area contributed by atoms with Gasteiger partial charge in [-0.2, -0.15) is 0 Å². The summed E-state index contributed by atoms with van der Waals surface area (Å²) in [4.78, 5) is 0.700. The Bertz CT molecular complexity index is 992. The number of halogens is 2. The smallest absolute Gasteiger partial charge is 0.238 e. The van der Waals surface area contributed by atoms with Gasteiger partial charge in [0.1, 0.15) is 0 Å². The van der Waals surface area contributed by atoms with E-state index < -0.39 is 20.0 Å². The Balaban J connectivity index is 2.57. The Labute approximate surface area is 154 Å². The fourth-order valence-corrected chi connectivity index (χ4v) is 4.46. The minimum atomic E-state index is -3.95. The molecule has 0 unspecified atom stereocenters. The Hall–Kier alpha value is -0.970. The largest absolute Gasteiger partial charge is 0.283 e. The lowest BCUT2D eigenvalue weighted by Gasteiger charge is -2.13. The number of hydrogen-bond acceptors (Lipinski definition) is 5. The van der Waals surface area contributed by atoms with E-state index in [1.807, 2.05) is 0 Å². The molecule has 0 aromatic heterocycles. The molecule has 0 aliphatic rings. The molecule has 3 N–H and O–H groups in total. The van der Waals surface area contributed by atoms with E-state index in [4.69, 9.17) is 28.3 Å². The second-order valence-electron chi connectivity index (χ2n) is 4.73. The quantitative estimate of drug-likeness (QED) is 0.763. The number of benzene rings is 2. The van der Waals surface area contributed by atoms with E-state index in [1.54, 1.807) is 18.2 Å². The minimum Gasteiger partial charge on any atom is -0.283 e. The monoisotopic (exact) mass is 426 g/mol. The van der Waals surface area contributed by atoms with Gasteiger partial charge < -0.3 is 0 Å². The van der Waals surface area contributed by atoms with Crippen LogP contribution in [0.2, 0.25) is 10.0 Å². The normalized spacial score (nSPS) is 12.2. The van der Waals surface area contributed by atoms with Crippen LogP contribution in [0, 0.1) is 0 Å². The molecular weight excluding hydrogens is 415 g/mol. The highest BCUT2D eigenvalue weighted by Crippen LogP contribution is 2.40. The highest BCUT2D eigenvalue weighted by molar-refractivity contribution is 7.99. The molecule has 0 saturated carbocycles. The molecule has 2 rings (SSSR count). The molecule has 0 amide bonds. The summed E-state index contributed by atoms with van der Waals surface area (Å²) in [6.07, 6.45) is 0.987. The number of primary sulfonamides is 1. The maximum Gasteiger partial charge on any atom is 0.238 e. The molecule has 0 spiro atoms. The lowest BCUT2D eigenvalue weighted by atomic mass is 10.3. The van der Waals surface area contributed by atoms with Gasteiger partial charge in [-0.05, 0) is 30.3 Å². The maximum absolute atomic E-state index is 11.5. The van der Waals surface area contributed by atoms with Crippen LogP contribution in [0.25, 0.3) is 0 Å². The van der Waals surface area contributed by atoms with Crippen molar-refractivity contribution in [1.82, 2.24) is 0 Å². The van der Waals surface area contributed by atoms with Gasteiger partial charge in [0.2, 0.25) is 20.0 Å². The third-order valence-corrected chi connectivity index (χ3v) is 6.26. The average Bonchev–Trinajstić information content (AvgIpc) is 2.43. The maximum atomic E-state index is 11.5. The number of hydrogen-bond donors (Lipinski definition) is 2. The van der Waals surface area contributed by atoms with Gasteiger partial charge in [-0.15, -0.1) is 0 Å². The van der Waals surface area contributed by atoms with E-state index in [-0.39, 0.29) is 15.6 Å². The van der Waals surface area contributed by atoms with E-state index in [1.165, 1.54) is 18.2 Å². The summed E-state index contributed by atoms with van der Waals surface area (Å²) in [5.41, 5.74) is 0.200. The zero-order valence-electron chi connectivity index (χ0n) is 12.2. The highest BCUT2D eigenvalue weighted by Gasteiger charge is 2.16. The van der Waals surface area contributed by atoms with Crippen LogP contribution in [-0.2, 0) is 20.0 Å². The van der Waals surface area contributed by atoms with Gasteiger partial charge in [0.05, 0.1) is 26.9 Å². The van der Waals surface area contributed by atoms with Crippen LogP contribution in [0.4, 0.5) is 5.69 Å². The number of nitrogens with one attached hydrogen (secondary N) is 1. The third-order valence-electron chi connectivity index (χ3n) is 2.71. The molecule has 0 fully saturated rings. The van der Waals surface area contributed by atoms with Crippen LogP contribution in [0.1, 0.15) is 0 Å². The molecule has 0 atom stereocenters. The van der Waals surface area contributed by atoms with Crippen molar-refractivity contribution in [2.45, 2.75) is 14.7 Å². The Morgan fingerprint density at radius 1 is 1.04 bits per heavy atom. The highest BCUT2D eigenvalue weighted by atomic mass is 35.5. The topological polar surface area (TPSA) is 106 Å². The van der Waals surface area contributed by atoms with Crippen molar-refractivity contribution in [3.63, 3.8) is 0 Å². The molecule has 0 bridgehead atoms. The molecule has 2 aromatic rings. The lowest BCUT2D eigenvalue weighted by molar-refractivity contribution is 0.597. The van der Waals surface area contributed by atoms with E-state index in [0.717, 1.165) is 18.0 Å². The molecule has 24 heavy (non-hydrogen) atoms. The van der Waals surface area contributed by atoms with Crippen molar-refractivity contribution in [3.8, 4) is 0 Å². The first-order valence-corrected chi connectivity index (χ1v) is 11.2. The molecule has 0 aliphatic heterocycles. The molecule has 0 aliphatic carbocycles.